The number of rotatable bonds is 4. The molecule has 1 aromatic carbocycles. The first kappa shape index (κ1) is 20.5. The second-order valence-corrected chi connectivity index (χ2v) is 7.33. The molecule has 0 aromatic heterocycles. The molecule has 1 heterocycles. The maximum atomic E-state index is 12.3. The van der Waals surface area contributed by atoms with Gasteiger partial charge in [-0.15, -0.1) is 0 Å². The van der Waals surface area contributed by atoms with Crippen molar-refractivity contribution in [1.82, 2.24) is 10.2 Å². The maximum absolute atomic E-state index is 12.3. The zero-order chi connectivity index (χ0) is 20.0. The number of carbonyl (C=O) groups excluding carboxylic acids is 3. The van der Waals surface area contributed by atoms with Gasteiger partial charge >= 0.3 is 18.2 Å². The molecule has 1 aliphatic rings. The minimum atomic E-state index is -0.688. The van der Waals surface area contributed by atoms with Gasteiger partial charge in [0.05, 0.1) is 19.1 Å². The van der Waals surface area contributed by atoms with E-state index in [9.17, 15) is 14.4 Å². The van der Waals surface area contributed by atoms with Gasteiger partial charge < -0.3 is 24.4 Å². The number of nitrogens with one attached hydrogen (secondary N) is 1. The van der Waals surface area contributed by atoms with Crippen LogP contribution in [0.2, 0.25) is 0 Å². The molecule has 148 valence electrons. The number of hydrogen-bond acceptors (Lipinski definition) is 6. The Kier molecular flexibility index (Phi) is 6.65. The molecule has 1 aliphatic heterocycles. The lowest BCUT2D eigenvalue weighted by Crippen LogP contribution is -2.45. The number of hydrogen-bond donors (Lipinski definition) is 1. The summed E-state index contributed by atoms with van der Waals surface area (Å²) in [6.45, 7) is 5.58. The molecule has 2 atom stereocenters. The molecule has 8 heteroatoms. The standard InChI is InChI=1S/C19H26N2O6/c1-19(2,3)27-17(23)20-15-11-21(10-14(15)16(22)25-4)18(24)26-12-13-8-6-5-7-9-13/h5-9,14-15H,10-12H2,1-4H3,(H,20,23)/t14-,15-/m1/s1. The van der Waals surface area contributed by atoms with Crippen LogP contribution in [-0.4, -0.2) is 54.9 Å². The SMILES string of the molecule is COC(=O)[C@@H]1CN(C(=O)OCc2ccccc2)C[C@H]1NC(=O)OC(C)(C)C. The summed E-state index contributed by atoms with van der Waals surface area (Å²) in [6, 6.07) is 8.67. The summed E-state index contributed by atoms with van der Waals surface area (Å²) in [6.07, 6.45) is -1.21. The topological polar surface area (TPSA) is 94.2 Å². The van der Waals surface area contributed by atoms with Crippen molar-refractivity contribution in [3.63, 3.8) is 0 Å². The second-order valence-electron chi connectivity index (χ2n) is 7.33. The van der Waals surface area contributed by atoms with Crippen LogP contribution >= 0.6 is 0 Å². The summed E-state index contributed by atoms with van der Waals surface area (Å²) >= 11 is 0. The van der Waals surface area contributed by atoms with Crippen molar-refractivity contribution in [2.45, 2.75) is 39.0 Å². The van der Waals surface area contributed by atoms with Gasteiger partial charge in [0.2, 0.25) is 0 Å². The number of amides is 2. The minimum Gasteiger partial charge on any atom is -0.469 e. The zero-order valence-corrected chi connectivity index (χ0v) is 16.1. The molecule has 2 amide bonds. The van der Waals surface area contributed by atoms with Crippen molar-refractivity contribution in [1.29, 1.82) is 0 Å². The van der Waals surface area contributed by atoms with Crippen LogP contribution in [-0.2, 0) is 25.6 Å². The van der Waals surface area contributed by atoms with Crippen LogP contribution in [0.1, 0.15) is 26.3 Å². The molecule has 0 unspecified atom stereocenters. The molecule has 0 spiro atoms. The molecule has 1 aromatic rings. The van der Waals surface area contributed by atoms with Gasteiger partial charge in [-0.25, -0.2) is 9.59 Å². The largest absolute Gasteiger partial charge is 0.469 e. The van der Waals surface area contributed by atoms with Crippen molar-refractivity contribution in [3.05, 3.63) is 35.9 Å². The number of carbonyl (C=O) groups is 3. The molecular weight excluding hydrogens is 352 g/mol. The smallest absolute Gasteiger partial charge is 0.410 e. The number of methoxy groups -OCH3 is 1. The van der Waals surface area contributed by atoms with Crippen molar-refractivity contribution >= 4 is 18.2 Å². The Morgan fingerprint density at radius 1 is 1.15 bits per heavy atom. The molecule has 1 fully saturated rings. The first-order valence-corrected chi connectivity index (χ1v) is 8.72. The lowest BCUT2D eigenvalue weighted by Gasteiger charge is -2.23. The van der Waals surface area contributed by atoms with E-state index in [2.05, 4.69) is 5.32 Å². The summed E-state index contributed by atoms with van der Waals surface area (Å²) in [5.74, 6) is -1.19. The number of nitrogens with zero attached hydrogens (tertiary/aromatic N) is 1. The molecular formula is C19H26N2O6. The van der Waals surface area contributed by atoms with Gasteiger partial charge in [0, 0.05) is 13.1 Å². The van der Waals surface area contributed by atoms with E-state index in [0.717, 1.165) is 5.56 Å². The van der Waals surface area contributed by atoms with E-state index < -0.39 is 35.7 Å². The Bertz CT molecular complexity index is 671. The summed E-state index contributed by atoms with van der Waals surface area (Å²) < 4.78 is 15.3. The zero-order valence-electron chi connectivity index (χ0n) is 16.1. The first-order chi connectivity index (χ1) is 12.7. The Morgan fingerprint density at radius 3 is 2.41 bits per heavy atom. The molecule has 0 bridgehead atoms. The van der Waals surface area contributed by atoms with Gasteiger partial charge in [0.1, 0.15) is 12.2 Å². The van der Waals surface area contributed by atoms with Gasteiger partial charge in [-0.05, 0) is 26.3 Å². The number of benzene rings is 1. The van der Waals surface area contributed by atoms with Gasteiger partial charge in [0.15, 0.2) is 0 Å². The third-order valence-corrected chi connectivity index (χ3v) is 3.99. The van der Waals surface area contributed by atoms with Crippen molar-refractivity contribution in [2.24, 2.45) is 5.92 Å². The third-order valence-electron chi connectivity index (χ3n) is 3.99. The van der Waals surface area contributed by atoms with Gasteiger partial charge in [-0.1, -0.05) is 30.3 Å². The van der Waals surface area contributed by atoms with Crippen LogP contribution in [0, 0.1) is 5.92 Å². The summed E-state index contributed by atoms with van der Waals surface area (Å²) in [5, 5.41) is 2.65. The first-order valence-electron chi connectivity index (χ1n) is 8.72. The lowest BCUT2D eigenvalue weighted by atomic mass is 10.0. The molecule has 0 radical (unpaired) electrons. The van der Waals surface area contributed by atoms with E-state index in [1.807, 2.05) is 30.3 Å². The summed E-state index contributed by atoms with van der Waals surface area (Å²) in [7, 11) is 1.27. The maximum Gasteiger partial charge on any atom is 0.410 e. The number of likely N-dealkylation sites (tertiary alicyclic amines) is 1. The highest BCUT2D eigenvalue weighted by Crippen LogP contribution is 2.20. The van der Waals surface area contributed by atoms with E-state index in [-0.39, 0.29) is 19.7 Å². The highest BCUT2D eigenvalue weighted by atomic mass is 16.6. The number of alkyl carbamates (subject to hydrolysis) is 1. The normalized spacial score (nSPS) is 19.3. The summed E-state index contributed by atoms with van der Waals surface area (Å²) in [4.78, 5) is 37.8. The van der Waals surface area contributed by atoms with E-state index in [1.165, 1.54) is 12.0 Å². The lowest BCUT2D eigenvalue weighted by molar-refractivity contribution is -0.145. The third kappa shape index (κ3) is 6.16. The average Bonchev–Trinajstić information content (AvgIpc) is 3.02. The highest BCUT2D eigenvalue weighted by molar-refractivity contribution is 5.78. The summed E-state index contributed by atoms with van der Waals surface area (Å²) in [5.41, 5.74) is 0.190. The Morgan fingerprint density at radius 2 is 1.81 bits per heavy atom. The van der Waals surface area contributed by atoms with E-state index >= 15 is 0 Å². The fourth-order valence-electron chi connectivity index (χ4n) is 2.76. The fourth-order valence-corrected chi connectivity index (χ4v) is 2.76. The van der Waals surface area contributed by atoms with Crippen molar-refractivity contribution < 1.29 is 28.6 Å². The second kappa shape index (κ2) is 8.75. The molecule has 1 saturated heterocycles. The number of ether oxygens (including phenoxy) is 3. The van der Waals surface area contributed by atoms with Crippen LogP contribution in [0.5, 0.6) is 0 Å². The van der Waals surface area contributed by atoms with Crippen LogP contribution in [0.15, 0.2) is 30.3 Å². The molecule has 0 saturated carbocycles. The molecule has 27 heavy (non-hydrogen) atoms. The van der Waals surface area contributed by atoms with Gasteiger partial charge in [-0.2, -0.15) is 0 Å². The Hall–Kier alpha value is -2.77. The van der Waals surface area contributed by atoms with Gasteiger partial charge in [-0.3, -0.25) is 4.79 Å². The van der Waals surface area contributed by atoms with Crippen LogP contribution in [0.3, 0.4) is 0 Å². The van der Waals surface area contributed by atoms with Crippen LogP contribution in [0.25, 0.3) is 0 Å². The molecule has 0 aliphatic carbocycles. The average molecular weight is 378 g/mol. The number of esters is 1. The monoisotopic (exact) mass is 378 g/mol. The van der Waals surface area contributed by atoms with E-state index in [4.69, 9.17) is 14.2 Å². The Balaban J connectivity index is 1.97. The van der Waals surface area contributed by atoms with Gasteiger partial charge in [0.25, 0.3) is 0 Å². The van der Waals surface area contributed by atoms with E-state index in [0.29, 0.717) is 0 Å². The predicted molar refractivity (Wildman–Crippen MR) is 96.9 cm³/mol. The quantitative estimate of drug-likeness (QED) is 0.638. The van der Waals surface area contributed by atoms with Crippen molar-refractivity contribution in [3.8, 4) is 0 Å². The molecule has 8 nitrogen and oxygen atoms in total. The van der Waals surface area contributed by atoms with Crippen LogP contribution in [0.4, 0.5) is 9.59 Å². The minimum absolute atomic E-state index is 0.0980. The highest BCUT2D eigenvalue weighted by Gasteiger charge is 2.42. The van der Waals surface area contributed by atoms with E-state index in [1.54, 1.807) is 20.8 Å². The Labute approximate surface area is 158 Å². The van der Waals surface area contributed by atoms with Crippen molar-refractivity contribution in [2.75, 3.05) is 20.2 Å². The molecule has 1 N–H and O–H groups in total. The molecule has 2 rings (SSSR count). The van der Waals surface area contributed by atoms with Crippen LogP contribution < -0.4 is 5.32 Å². The predicted octanol–water partition coefficient (Wildman–Crippen LogP) is 2.32. The fraction of sp³-hybridized carbons (Fsp3) is 0.526.